The van der Waals surface area contributed by atoms with Crippen molar-refractivity contribution >= 4 is 0 Å². The van der Waals surface area contributed by atoms with Gasteiger partial charge in [0, 0.05) is 31.7 Å². The molecule has 0 radical (unpaired) electrons. The van der Waals surface area contributed by atoms with Crippen LogP contribution < -0.4 is 0 Å². The maximum Gasteiger partial charge on any atom is 0.0569 e. The fourth-order valence-electron chi connectivity index (χ4n) is 4.16. The van der Waals surface area contributed by atoms with Crippen LogP contribution in [0.15, 0.2) is 0 Å². The molecule has 0 saturated carbocycles. The molecule has 0 bridgehead atoms. The van der Waals surface area contributed by atoms with Crippen molar-refractivity contribution < 1.29 is 9.47 Å². The van der Waals surface area contributed by atoms with Crippen LogP contribution in [-0.2, 0) is 9.47 Å². The summed E-state index contributed by atoms with van der Waals surface area (Å²) in [4.78, 5) is 4.57. The predicted molar refractivity (Wildman–Crippen MR) is 128 cm³/mol. The summed E-state index contributed by atoms with van der Waals surface area (Å²) >= 11 is 0. The average Bonchev–Trinajstić information content (AvgIpc) is 2.65. The van der Waals surface area contributed by atoms with Crippen molar-refractivity contribution in [3.8, 4) is 0 Å². The fraction of sp³-hybridized carbons (Fsp3) is 1.00. The third-order valence-electron chi connectivity index (χ3n) is 5.40. The highest BCUT2D eigenvalue weighted by Gasteiger charge is 2.32. The van der Waals surface area contributed by atoms with E-state index in [1.165, 1.54) is 77.0 Å². The molecular weight excluding hydrogens is 360 g/mol. The van der Waals surface area contributed by atoms with Gasteiger partial charge in [-0.05, 0) is 41.0 Å². The molecule has 0 aliphatic heterocycles. The first-order chi connectivity index (χ1) is 14.0. The average molecular weight is 415 g/mol. The summed E-state index contributed by atoms with van der Waals surface area (Å²) in [5.41, 5.74) is 0.0391. The molecule has 176 valence electrons. The maximum atomic E-state index is 6.20. The molecule has 29 heavy (non-hydrogen) atoms. The number of ether oxygens (including phenoxy) is 2. The van der Waals surface area contributed by atoms with E-state index in [9.17, 15) is 0 Å². The van der Waals surface area contributed by atoms with E-state index < -0.39 is 0 Å². The monoisotopic (exact) mass is 414 g/mol. The highest BCUT2D eigenvalue weighted by atomic mass is 16.5. The topological polar surface area (TPSA) is 24.9 Å². The second-order valence-corrected chi connectivity index (χ2v) is 9.62. The molecule has 0 aromatic rings. The van der Waals surface area contributed by atoms with E-state index in [4.69, 9.17) is 9.47 Å². The van der Waals surface area contributed by atoms with Crippen molar-refractivity contribution in [3.05, 3.63) is 0 Å². The minimum absolute atomic E-state index is 0.0391. The van der Waals surface area contributed by atoms with Crippen LogP contribution in [0.5, 0.6) is 0 Å². The van der Waals surface area contributed by atoms with Crippen molar-refractivity contribution in [2.75, 3.05) is 67.7 Å². The van der Waals surface area contributed by atoms with E-state index in [-0.39, 0.29) is 5.41 Å². The summed E-state index contributed by atoms with van der Waals surface area (Å²) in [5, 5.41) is 0. The Labute approximate surface area is 183 Å². The molecule has 0 rings (SSSR count). The van der Waals surface area contributed by atoms with Gasteiger partial charge in [0.2, 0.25) is 0 Å². The van der Waals surface area contributed by atoms with Crippen LogP contribution in [0.1, 0.15) is 90.9 Å². The van der Waals surface area contributed by atoms with Gasteiger partial charge in [-0.25, -0.2) is 0 Å². The first-order valence-corrected chi connectivity index (χ1v) is 12.4. The number of hydrogen-bond acceptors (Lipinski definition) is 4. The van der Waals surface area contributed by atoms with E-state index in [1.807, 2.05) is 0 Å². The summed E-state index contributed by atoms with van der Waals surface area (Å²) in [6, 6.07) is 0. The van der Waals surface area contributed by atoms with Crippen molar-refractivity contribution in [1.82, 2.24) is 9.80 Å². The maximum absolute atomic E-state index is 6.20. The van der Waals surface area contributed by atoms with Gasteiger partial charge in [0.25, 0.3) is 0 Å². The molecule has 0 unspecified atom stereocenters. The lowest BCUT2D eigenvalue weighted by Gasteiger charge is -2.38. The Morgan fingerprint density at radius 3 is 1.21 bits per heavy atom. The number of rotatable bonds is 22. The van der Waals surface area contributed by atoms with Crippen molar-refractivity contribution in [3.63, 3.8) is 0 Å². The Hall–Kier alpha value is -0.160. The van der Waals surface area contributed by atoms with Gasteiger partial charge >= 0.3 is 0 Å². The van der Waals surface area contributed by atoms with Crippen LogP contribution in [0.25, 0.3) is 0 Å². The van der Waals surface area contributed by atoms with Crippen molar-refractivity contribution in [2.45, 2.75) is 90.9 Å². The molecule has 0 aliphatic carbocycles. The Morgan fingerprint density at radius 2 is 0.862 bits per heavy atom. The summed E-state index contributed by atoms with van der Waals surface area (Å²) < 4.78 is 12.4. The van der Waals surface area contributed by atoms with E-state index in [0.717, 1.165) is 39.5 Å². The van der Waals surface area contributed by atoms with Gasteiger partial charge in [0.05, 0.1) is 13.2 Å². The number of unbranched alkanes of at least 4 members (excludes halogenated alkanes) is 10. The molecule has 4 nitrogen and oxygen atoms in total. The molecule has 4 heteroatoms. The smallest absolute Gasteiger partial charge is 0.0569 e. The van der Waals surface area contributed by atoms with Gasteiger partial charge in [-0.3, -0.25) is 0 Å². The number of nitrogens with zero attached hydrogens (tertiary/aromatic N) is 2. The Bertz CT molecular complexity index is 303. The third kappa shape index (κ3) is 18.3. The molecular formula is C25H54N2O2. The molecule has 0 atom stereocenters. The first kappa shape index (κ1) is 28.8. The highest BCUT2D eigenvalue weighted by molar-refractivity contribution is 4.84. The van der Waals surface area contributed by atoms with Gasteiger partial charge < -0.3 is 19.3 Å². The Balaban J connectivity index is 4.33. The second kappa shape index (κ2) is 19.8. The van der Waals surface area contributed by atoms with Gasteiger partial charge in [0.15, 0.2) is 0 Å². The molecule has 0 aliphatic rings. The number of hydrogen-bond donors (Lipinski definition) is 0. The molecule has 0 spiro atoms. The van der Waals surface area contributed by atoms with Crippen LogP contribution in [0.2, 0.25) is 0 Å². The lowest BCUT2D eigenvalue weighted by atomic mass is 9.88. The fourth-order valence-corrected chi connectivity index (χ4v) is 4.16. The molecule has 0 saturated heterocycles. The van der Waals surface area contributed by atoms with Crippen LogP contribution in [0, 0.1) is 5.41 Å². The van der Waals surface area contributed by atoms with Crippen molar-refractivity contribution in [2.24, 2.45) is 5.41 Å². The third-order valence-corrected chi connectivity index (χ3v) is 5.40. The molecule has 0 fully saturated rings. The lowest BCUT2D eigenvalue weighted by molar-refractivity contribution is -0.0469. The SMILES string of the molecule is CCCCCCCCOCC(COCCCCCCCC)(CN(C)C)CN(C)C. The quantitative estimate of drug-likeness (QED) is 0.207. The predicted octanol–water partition coefficient (Wildman–Crippen LogP) is 5.85. The normalized spacial score (nSPS) is 12.4. The molecule has 0 aromatic carbocycles. The Kier molecular flexibility index (Phi) is 19.7. The zero-order valence-corrected chi connectivity index (χ0v) is 20.9. The van der Waals surface area contributed by atoms with E-state index in [0.29, 0.717) is 0 Å². The minimum atomic E-state index is 0.0391. The zero-order valence-electron chi connectivity index (χ0n) is 20.9. The van der Waals surface area contributed by atoms with Gasteiger partial charge in [-0.2, -0.15) is 0 Å². The van der Waals surface area contributed by atoms with E-state index >= 15 is 0 Å². The van der Waals surface area contributed by atoms with Gasteiger partial charge in [-0.15, -0.1) is 0 Å². The summed E-state index contributed by atoms with van der Waals surface area (Å²) in [6.45, 7) is 9.87. The minimum Gasteiger partial charge on any atom is -0.381 e. The summed E-state index contributed by atoms with van der Waals surface area (Å²) in [5.74, 6) is 0. The first-order valence-electron chi connectivity index (χ1n) is 12.4. The van der Waals surface area contributed by atoms with Crippen molar-refractivity contribution in [1.29, 1.82) is 0 Å². The van der Waals surface area contributed by atoms with Gasteiger partial charge in [-0.1, -0.05) is 78.1 Å². The standard InChI is InChI=1S/C25H54N2O2/c1-7-9-11-13-15-17-19-28-23-25(21-26(3)4,22-27(5)6)24-29-20-18-16-14-12-10-8-2/h7-24H2,1-6H3. The highest BCUT2D eigenvalue weighted by Crippen LogP contribution is 2.22. The van der Waals surface area contributed by atoms with Crippen LogP contribution in [0.3, 0.4) is 0 Å². The van der Waals surface area contributed by atoms with Crippen LogP contribution in [0.4, 0.5) is 0 Å². The molecule has 0 heterocycles. The lowest BCUT2D eigenvalue weighted by Crippen LogP contribution is -2.48. The molecule has 0 amide bonds. The van der Waals surface area contributed by atoms with Crippen LogP contribution >= 0.6 is 0 Å². The largest absolute Gasteiger partial charge is 0.381 e. The Morgan fingerprint density at radius 1 is 0.517 bits per heavy atom. The molecule has 0 N–H and O–H groups in total. The summed E-state index contributed by atoms with van der Waals surface area (Å²) in [6.07, 6.45) is 15.7. The van der Waals surface area contributed by atoms with Gasteiger partial charge in [0.1, 0.15) is 0 Å². The van der Waals surface area contributed by atoms with Crippen LogP contribution in [-0.4, -0.2) is 77.5 Å². The van der Waals surface area contributed by atoms with E-state index in [2.05, 4.69) is 51.8 Å². The van der Waals surface area contributed by atoms with E-state index in [1.54, 1.807) is 0 Å². The zero-order chi connectivity index (χ0) is 21.8. The second-order valence-electron chi connectivity index (χ2n) is 9.62. The summed E-state index contributed by atoms with van der Waals surface area (Å²) in [7, 11) is 8.63. The molecule has 0 aromatic heterocycles.